The summed E-state index contributed by atoms with van der Waals surface area (Å²) in [4.78, 5) is 0. The fraction of sp³-hybridized carbons (Fsp3) is 1.00. The Balaban J connectivity index is 1.83. The molecule has 1 saturated carbocycles. The van der Waals surface area contributed by atoms with Crippen LogP contribution in [0.25, 0.3) is 0 Å². The van der Waals surface area contributed by atoms with Crippen LogP contribution >= 0.6 is 0 Å². The number of ether oxygens (including phenoxy) is 3. The van der Waals surface area contributed by atoms with Gasteiger partial charge in [0.25, 0.3) is 0 Å². The minimum Gasteiger partial charge on any atom is -0.394 e. The summed E-state index contributed by atoms with van der Waals surface area (Å²) in [6.45, 7) is 1.71. The van der Waals surface area contributed by atoms with Crippen molar-refractivity contribution in [1.82, 2.24) is 0 Å². The first-order valence-corrected chi connectivity index (χ1v) is 6.89. The number of aliphatic hydroxyl groups is 4. The molecule has 2 heterocycles. The van der Waals surface area contributed by atoms with E-state index in [1.807, 2.05) is 0 Å². The van der Waals surface area contributed by atoms with Gasteiger partial charge >= 0.3 is 0 Å². The summed E-state index contributed by atoms with van der Waals surface area (Å²) in [5, 5.41) is 38.9. The molecule has 3 fully saturated rings. The van der Waals surface area contributed by atoms with Crippen LogP contribution < -0.4 is 0 Å². The second kappa shape index (κ2) is 6.23. The Bertz CT molecular complexity index is 324. The highest BCUT2D eigenvalue weighted by atomic mass is 16.6. The maximum atomic E-state index is 10.4. The van der Waals surface area contributed by atoms with Crippen molar-refractivity contribution in [2.24, 2.45) is 5.92 Å². The van der Waals surface area contributed by atoms with E-state index in [1.165, 1.54) is 7.11 Å². The summed E-state index contributed by atoms with van der Waals surface area (Å²) in [7, 11) is 1.49. The third-order valence-electron chi connectivity index (χ3n) is 4.43. The molecule has 2 saturated heterocycles. The van der Waals surface area contributed by atoms with Crippen LogP contribution in [0.4, 0.5) is 0 Å². The molecule has 4 unspecified atom stereocenters. The molecule has 4 N–H and O–H groups in total. The molecule has 0 radical (unpaired) electrons. The molecule has 0 aromatic heterocycles. The molecule has 1 aliphatic carbocycles. The minimum atomic E-state index is -1.26. The molecule has 0 aromatic rings. The zero-order valence-corrected chi connectivity index (χ0v) is 11.8. The van der Waals surface area contributed by atoms with Gasteiger partial charge in [0.2, 0.25) is 0 Å². The van der Waals surface area contributed by atoms with Gasteiger partial charge in [-0.15, -0.1) is 0 Å². The van der Waals surface area contributed by atoms with E-state index in [1.54, 1.807) is 6.92 Å². The van der Waals surface area contributed by atoms with Crippen molar-refractivity contribution in [3.63, 3.8) is 0 Å². The molecule has 0 spiro atoms. The van der Waals surface area contributed by atoms with Crippen molar-refractivity contribution in [1.29, 1.82) is 0 Å². The molecular weight excluding hydrogens is 268 g/mol. The van der Waals surface area contributed by atoms with E-state index in [4.69, 9.17) is 19.3 Å². The molecule has 20 heavy (non-hydrogen) atoms. The van der Waals surface area contributed by atoms with Crippen LogP contribution in [0, 0.1) is 5.92 Å². The lowest BCUT2D eigenvalue weighted by molar-refractivity contribution is -0.334. The van der Waals surface area contributed by atoms with Gasteiger partial charge in [-0.3, -0.25) is 0 Å². The molecular formula is C13H24O7. The Morgan fingerprint density at radius 3 is 2.70 bits per heavy atom. The van der Waals surface area contributed by atoms with Gasteiger partial charge in [0, 0.05) is 19.4 Å². The van der Waals surface area contributed by atoms with Crippen molar-refractivity contribution in [3.8, 4) is 0 Å². The standard InChI is InChI=1S/C13H24O7/c1-7(15)11(18-2)6-19-5-8-9-3-13(8,17)12(16)10(4-14)20-9/h7-12,14-17H,3-6H2,1-2H3/t7?,8-,9?,10-,11-,12?,13?/m0/s1. The van der Waals surface area contributed by atoms with E-state index in [9.17, 15) is 15.3 Å². The lowest BCUT2D eigenvalue weighted by atomic mass is 9.61. The predicted molar refractivity (Wildman–Crippen MR) is 68.1 cm³/mol. The van der Waals surface area contributed by atoms with Crippen molar-refractivity contribution in [3.05, 3.63) is 0 Å². The number of aliphatic hydroxyl groups excluding tert-OH is 3. The van der Waals surface area contributed by atoms with Crippen LogP contribution in [0.2, 0.25) is 0 Å². The van der Waals surface area contributed by atoms with Crippen LogP contribution in [0.3, 0.4) is 0 Å². The molecule has 0 aromatic carbocycles. The van der Waals surface area contributed by atoms with Crippen molar-refractivity contribution in [2.75, 3.05) is 26.9 Å². The number of rotatable bonds is 7. The minimum absolute atomic E-state index is 0.201. The summed E-state index contributed by atoms with van der Waals surface area (Å²) in [6, 6.07) is 0. The molecule has 7 atom stereocenters. The Morgan fingerprint density at radius 1 is 1.45 bits per heavy atom. The second-order valence-corrected chi connectivity index (χ2v) is 5.69. The molecule has 118 valence electrons. The van der Waals surface area contributed by atoms with Crippen LogP contribution in [0.5, 0.6) is 0 Å². The summed E-state index contributed by atoms with van der Waals surface area (Å²) in [5.41, 5.74) is -1.26. The first-order chi connectivity index (χ1) is 9.43. The first-order valence-electron chi connectivity index (χ1n) is 6.89. The highest BCUT2D eigenvalue weighted by Crippen LogP contribution is 2.49. The Hall–Kier alpha value is -0.280. The van der Waals surface area contributed by atoms with Crippen LogP contribution in [-0.2, 0) is 14.2 Å². The predicted octanol–water partition coefficient (Wildman–Crippen LogP) is -1.73. The monoisotopic (exact) mass is 292 g/mol. The SMILES string of the molecule is CO[C@@H](COC[C@H]1C2CC1(O)C(O)[C@H](CO)O2)C(C)O. The van der Waals surface area contributed by atoms with Gasteiger partial charge in [-0.25, -0.2) is 0 Å². The van der Waals surface area contributed by atoms with Gasteiger partial charge in [0.15, 0.2) is 0 Å². The van der Waals surface area contributed by atoms with Gasteiger partial charge in [-0.1, -0.05) is 0 Å². The maximum absolute atomic E-state index is 10.4. The highest BCUT2D eigenvalue weighted by molar-refractivity contribution is 5.13. The van der Waals surface area contributed by atoms with Crippen molar-refractivity contribution in [2.45, 2.75) is 49.5 Å². The molecule has 3 aliphatic rings. The lowest BCUT2D eigenvalue weighted by Crippen LogP contribution is -2.74. The molecule has 7 nitrogen and oxygen atoms in total. The van der Waals surface area contributed by atoms with Crippen LogP contribution in [0.1, 0.15) is 13.3 Å². The molecule has 3 rings (SSSR count). The molecule has 2 bridgehead atoms. The zero-order valence-electron chi connectivity index (χ0n) is 11.8. The average Bonchev–Trinajstić information content (AvgIpc) is 2.40. The van der Waals surface area contributed by atoms with Gasteiger partial charge in [0.05, 0.1) is 32.0 Å². The van der Waals surface area contributed by atoms with Gasteiger partial charge in [0.1, 0.15) is 23.9 Å². The van der Waals surface area contributed by atoms with Gasteiger partial charge in [-0.05, 0) is 6.92 Å². The number of methoxy groups -OCH3 is 1. The smallest absolute Gasteiger partial charge is 0.112 e. The van der Waals surface area contributed by atoms with E-state index in [0.717, 1.165) is 0 Å². The Morgan fingerprint density at radius 2 is 2.15 bits per heavy atom. The van der Waals surface area contributed by atoms with E-state index in [-0.39, 0.29) is 31.8 Å². The van der Waals surface area contributed by atoms with E-state index < -0.39 is 30.0 Å². The van der Waals surface area contributed by atoms with E-state index in [0.29, 0.717) is 6.42 Å². The van der Waals surface area contributed by atoms with E-state index in [2.05, 4.69) is 0 Å². The van der Waals surface area contributed by atoms with E-state index >= 15 is 0 Å². The highest BCUT2D eigenvalue weighted by Gasteiger charge is 2.64. The fourth-order valence-corrected chi connectivity index (χ4v) is 2.99. The average molecular weight is 292 g/mol. The summed E-state index contributed by atoms with van der Waals surface area (Å²) in [5.74, 6) is -0.327. The van der Waals surface area contributed by atoms with Crippen molar-refractivity contribution < 1.29 is 34.6 Å². The Labute approximate surface area is 118 Å². The van der Waals surface area contributed by atoms with Gasteiger partial charge in [-0.2, -0.15) is 0 Å². The van der Waals surface area contributed by atoms with Gasteiger partial charge < -0.3 is 34.6 Å². The quantitative estimate of drug-likeness (QED) is 0.441. The molecule has 2 aliphatic heterocycles. The maximum Gasteiger partial charge on any atom is 0.112 e. The Kier molecular flexibility index (Phi) is 5.01. The second-order valence-electron chi connectivity index (χ2n) is 5.69. The van der Waals surface area contributed by atoms with Crippen molar-refractivity contribution >= 4 is 0 Å². The number of hydrogen-bond acceptors (Lipinski definition) is 7. The lowest BCUT2D eigenvalue weighted by Gasteiger charge is -2.59. The topological polar surface area (TPSA) is 109 Å². The normalized spacial score (nSPS) is 42.9. The first kappa shape index (κ1) is 16.1. The fourth-order valence-electron chi connectivity index (χ4n) is 2.99. The zero-order chi connectivity index (χ0) is 14.9. The summed E-state index contributed by atoms with van der Waals surface area (Å²) < 4.78 is 16.0. The largest absolute Gasteiger partial charge is 0.394 e. The van der Waals surface area contributed by atoms with Crippen LogP contribution in [0.15, 0.2) is 0 Å². The third kappa shape index (κ3) is 2.71. The third-order valence-corrected chi connectivity index (χ3v) is 4.43. The summed E-state index contributed by atoms with van der Waals surface area (Å²) in [6.07, 6.45) is -2.79. The number of hydrogen-bond donors (Lipinski definition) is 4. The summed E-state index contributed by atoms with van der Waals surface area (Å²) >= 11 is 0. The van der Waals surface area contributed by atoms with Crippen LogP contribution in [-0.4, -0.2) is 83.5 Å². The number of fused-ring (bicyclic) bond motifs is 2. The molecule has 7 heteroatoms. The molecule has 0 amide bonds.